The molecular weight excluding hydrogens is 424 g/mol. The predicted molar refractivity (Wildman–Crippen MR) is 138 cm³/mol. The van der Waals surface area contributed by atoms with Crippen molar-refractivity contribution in [2.45, 2.75) is 51.9 Å². The number of nitrogens with one attached hydrogen (secondary N) is 2. The molecule has 3 aromatic carbocycles. The quantitative estimate of drug-likeness (QED) is 0.275. The van der Waals surface area contributed by atoms with Crippen molar-refractivity contribution in [1.29, 1.82) is 0 Å². The molecule has 178 valence electrons. The van der Waals surface area contributed by atoms with Crippen LogP contribution in [0.4, 0.5) is 11.4 Å². The number of rotatable bonds is 13. The van der Waals surface area contributed by atoms with Gasteiger partial charge in [-0.15, -0.1) is 0 Å². The number of aryl methyl sites for hydroxylation is 1. The average molecular weight is 459 g/mol. The van der Waals surface area contributed by atoms with Crippen molar-refractivity contribution < 1.29 is 14.3 Å². The van der Waals surface area contributed by atoms with Gasteiger partial charge < -0.3 is 15.4 Å². The number of hydrogen-bond donors (Lipinski definition) is 2. The van der Waals surface area contributed by atoms with Gasteiger partial charge in [0.05, 0.1) is 6.61 Å². The Balaban J connectivity index is 1.41. The van der Waals surface area contributed by atoms with Crippen molar-refractivity contribution in [2.24, 2.45) is 0 Å². The standard InChI is InChI=1S/C29H34N2O3/c1-2-3-4-5-9-22-34-27-19-13-24(14-20-27)29(33)31-26-17-15-25(16-18-26)30-28(32)21-12-23-10-7-6-8-11-23/h6-8,10-11,13-20H,2-5,9,12,21-22H2,1H3,(H,30,32)(H,31,33). The summed E-state index contributed by atoms with van der Waals surface area (Å²) in [4.78, 5) is 24.7. The Labute approximate surface area is 202 Å². The van der Waals surface area contributed by atoms with Crippen LogP contribution in [0.25, 0.3) is 0 Å². The summed E-state index contributed by atoms with van der Waals surface area (Å²) in [7, 11) is 0. The van der Waals surface area contributed by atoms with Crippen LogP contribution < -0.4 is 15.4 Å². The van der Waals surface area contributed by atoms with E-state index in [1.54, 1.807) is 36.4 Å². The molecule has 0 aliphatic rings. The van der Waals surface area contributed by atoms with Crippen LogP contribution >= 0.6 is 0 Å². The Hall–Kier alpha value is -3.60. The molecule has 0 aliphatic heterocycles. The second-order valence-electron chi connectivity index (χ2n) is 8.35. The molecule has 0 fully saturated rings. The molecule has 0 saturated carbocycles. The first-order valence-electron chi connectivity index (χ1n) is 12.1. The van der Waals surface area contributed by atoms with Crippen molar-refractivity contribution in [3.63, 3.8) is 0 Å². The topological polar surface area (TPSA) is 67.4 Å². The van der Waals surface area contributed by atoms with Crippen LogP contribution in [0.5, 0.6) is 5.75 Å². The molecule has 0 aliphatic carbocycles. The van der Waals surface area contributed by atoms with E-state index in [4.69, 9.17) is 4.74 Å². The third-order valence-corrected chi connectivity index (χ3v) is 5.54. The van der Waals surface area contributed by atoms with E-state index in [1.807, 2.05) is 42.5 Å². The molecule has 0 bridgehead atoms. The molecule has 0 radical (unpaired) electrons. The van der Waals surface area contributed by atoms with E-state index < -0.39 is 0 Å². The number of amides is 2. The summed E-state index contributed by atoms with van der Waals surface area (Å²) in [6.07, 6.45) is 7.11. The maximum atomic E-state index is 12.5. The molecule has 0 saturated heterocycles. The van der Waals surface area contributed by atoms with Crippen molar-refractivity contribution in [2.75, 3.05) is 17.2 Å². The monoisotopic (exact) mass is 458 g/mol. The Kier molecular flexibility index (Phi) is 10.2. The van der Waals surface area contributed by atoms with Gasteiger partial charge in [0.15, 0.2) is 0 Å². The summed E-state index contributed by atoms with van der Waals surface area (Å²) in [6.45, 7) is 2.91. The summed E-state index contributed by atoms with van der Waals surface area (Å²) >= 11 is 0. The fraction of sp³-hybridized carbons (Fsp3) is 0.310. The van der Waals surface area contributed by atoms with E-state index in [0.717, 1.165) is 17.7 Å². The zero-order valence-electron chi connectivity index (χ0n) is 19.9. The van der Waals surface area contributed by atoms with Crippen LogP contribution in [0.15, 0.2) is 78.9 Å². The zero-order chi connectivity index (χ0) is 24.0. The smallest absolute Gasteiger partial charge is 0.255 e. The fourth-order valence-electron chi connectivity index (χ4n) is 3.56. The van der Waals surface area contributed by atoms with Crippen molar-refractivity contribution in [1.82, 2.24) is 0 Å². The van der Waals surface area contributed by atoms with Crippen molar-refractivity contribution in [3.05, 3.63) is 90.0 Å². The van der Waals surface area contributed by atoms with Crippen molar-refractivity contribution in [3.8, 4) is 5.75 Å². The van der Waals surface area contributed by atoms with Gasteiger partial charge >= 0.3 is 0 Å². The molecule has 34 heavy (non-hydrogen) atoms. The molecule has 2 amide bonds. The highest BCUT2D eigenvalue weighted by atomic mass is 16.5. The van der Waals surface area contributed by atoms with Gasteiger partial charge in [0, 0.05) is 23.4 Å². The molecule has 3 aromatic rings. The van der Waals surface area contributed by atoms with E-state index >= 15 is 0 Å². The Morgan fingerprint density at radius 1 is 0.735 bits per heavy atom. The number of unbranched alkanes of at least 4 members (excludes halogenated alkanes) is 4. The number of benzene rings is 3. The van der Waals surface area contributed by atoms with Crippen LogP contribution in [0.1, 0.15) is 61.4 Å². The molecule has 0 aromatic heterocycles. The summed E-state index contributed by atoms with van der Waals surface area (Å²) in [5, 5.41) is 5.78. The highest BCUT2D eigenvalue weighted by Crippen LogP contribution is 2.17. The average Bonchev–Trinajstić information content (AvgIpc) is 2.87. The molecule has 2 N–H and O–H groups in total. The van der Waals surface area contributed by atoms with Gasteiger partial charge in [0.25, 0.3) is 5.91 Å². The molecule has 5 heteroatoms. The normalized spacial score (nSPS) is 10.5. The minimum absolute atomic E-state index is 0.0380. The van der Waals surface area contributed by atoms with Gasteiger partial charge in [0.2, 0.25) is 5.91 Å². The van der Waals surface area contributed by atoms with Crippen LogP contribution in [0, 0.1) is 0 Å². The maximum absolute atomic E-state index is 12.5. The molecule has 0 unspecified atom stereocenters. The van der Waals surface area contributed by atoms with Crippen LogP contribution in [-0.4, -0.2) is 18.4 Å². The third kappa shape index (κ3) is 8.74. The van der Waals surface area contributed by atoms with E-state index in [2.05, 4.69) is 17.6 Å². The van der Waals surface area contributed by atoms with Gasteiger partial charge in [-0.25, -0.2) is 0 Å². The van der Waals surface area contributed by atoms with Crippen LogP contribution in [0.3, 0.4) is 0 Å². The summed E-state index contributed by atoms with van der Waals surface area (Å²) in [6, 6.07) is 24.3. The number of carbonyl (C=O) groups excluding carboxylic acids is 2. The van der Waals surface area contributed by atoms with Gasteiger partial charge in [-0.2, -0.15) is 0 Å². The Morgan fingerprint density at radius 3 is 2.06 bits per heavy atom. The largest absolute Gasteiger partial charge is 0.494 e. The molecule has 0 atom stereocenters. The zero-order valence-corrected chi connectivity index (χ0v) is 19.9. The van der Waals surface area contributed by atoms with Crippen molar-refractivity contribution >= 4 is 23.2 Å². The first-order valence-corrected chi connectivity index (χ1v) is 12.1. The molecule has 5 nitrogen and oxygen atoms in total. The minimum Gasteiger partial charge on any atom is -0.494 e. The van der Waals surface area contributed by atoms with Gasteiger partial charge in [-0.1, -0.05) is 62.9 Å². The van der Waals surface area contributed by atoms with Crippen LogP contribution in [0.2, 0.25) is 0 Å². The van der Waals surface area contributed by atoms with E-state index in [-0.39, 0.29) is 11.8 Å². The summed E-state index contributed by atoms with van der Waals surface area (Å²) in [5.41, 5.74) is 3.07. The van der Waals surface area contributed by atoms with Gasteiger partial charge in [0.1, 0.15) is 5.75 Å². The molecule has 3 rings (SSSR count). The SMILES string of the molecule is CCCCCCCOc1ccc(C(=O)Nc2ccc(NC(=O)CCc3ccccc3)cc2)cc1. The molecule has 0 spiro atoms. The third-order valence-electron chi connectivity index (χ3n) is 5.54. The lowest BCUT2D eigenvalue weighted by Crippen LogP contribution is -2.13. The van der Waals surface area contributed by atoms with E-state index in [9.17, 15) is 9.59 Å². The summed E-state index contributed by atoms with van der Waals surface area (Å²) < 4.78 is 5.76. The number of hydrogen-bond acceptors (Lipinski definition) is 3. The first kappa shape index (κ1) is 25.0. The van der Waals surface area contributed by atoms with E-state index in [0.29, 0.717) is 36.4 Å². The van der Waals surface area contributed by atoms with Crippen LogP contribution in [-0.2, 0) is 11.2 Å². The van der Waals surface area contributed by atoms with E-state index in [1.165, 1.54) is 25.7 Å². The highest BCUT2D eigenvalue weighted by Gasteiger charge is 2.08. The fourth-order valence-corrected chi connectivity index (χ4v) is 3.56. The maximum Gasteiger partial charge on any atom is 0.255 e. The lowest BCUT2D eigenvalue weighted by molar-refractivity contribution is -0.116. The lowest BCUT2D eigenvalue weighted by atomic mass is 10.1. The first-order chi connectivity index (χ1) is 16.6. The minimum atomic E-state index is -0.189. The van der Waals surface area contributed by atoms with Gasteiger partial charge in [-0.05, 0) is 66.9 Å². The number of anilines is 2. The second-order valence-corrected chi connectivity index (χ2v) is 8.35. The number of ether oxygens (including phenoxy) is 1. The van der Waals surface area contributed by atoms with Gasteiger partial charge in [-0.3, -0.25) is 9.59 Å². The highest BCUT2D eigenvalue weighted by molar-refractivity contribution is 6.04. The molecule has 0 heterocycles. The Morgan fingerprint density at radius 2 is 1.38 bits per heavy atom. The summed E-state index contributed by atoms with van der Waals surface area (Å²) in [5.74, 6) is 0.550. The Bertz CT molecular complexity index is 1020. The predicted octanol–water partition coefficient (Wildman–Crippen LogP) is 6.86. The number of carbonyl (C=O) groups is 2. The lowest BCUT2D eigenvalue weighted by Gasteiger charge is -2.09. The molecular formula is C29H34N2O3. The second kappa shape index (κ2) is 13.8.